The Bertz CT molecular complexity index is 771. The van der Waals surface area contributed by atoms with E-state index in [0.29, 0.717) is 5.56 Å². The van der Waals surface area contributed by atoms with Gasteiger partial charge in [-0.25, -0.2) is 4.98 Å². The van der Waals surface area contributed by atoms with Gasteiger partial charge in [0.15, 0.2) is 5.16 Å². The highest BCUT2D eigenvalue weighted by Gasteiger charge is 2.09. The standard InChI is InChI=1S/C15H11N3OS/c1-19-11-7-6-10(9-16)14(8-11)20-15-17-12-4-2-3-5-13(12)18-15/h2-8H,1H3,(H,17,18). The number of hydrogen-bond donors (Lipinski definition) is 1. The van der Waals surface area contributed by atoms with Crippen LogP contribution in [0.3, 0.4) is 0 Å². The normalized spacial score (nSPS) is 10.4. The number of nitrogens with one attached hydrogen (secondary N) is 1. The third kappa shape index (κ3) is 2.33. The van der Waals surface area contributed by atoms with Gasteiger partial charge in [0, 0.05) is 4.90 Å². The average Bonchev–Trinajstić information content (AvgIpc) is 2.89. The Hall–Kier alpha value is -2.45. The summed E-state index contributed by atoms with van der Waals surface area (Å²) in [5, 5.41) is 9.93. The molecule has 0 radical (unpaired) electrons. The Morgan fingerprint density at radius 2 is 2.10 bits per heavy atom. The minimum absolute atomic E-state index is 0.608. The molecule has 0 spiro atoms. The Labute approximate surface area is 120 Å². The van der Waals surface area contributed by atoms with Crippen LogP contribution in [-0.2, 0) is 0 Å². The second-order valence-corrected chi connectivity index (χ2v) is 5.17. The van der Waals surface area contributed by atoms with Gasteiger partial charge in [-0.05, 0) is 30.3 Å². The fourth-order valence-corrected chi connectivity index (χ4v) is 2.80. The molecule has 0 fully saturated rings. The summed E-state index contributed by atoms with van der Waals surface area (Å²) in [5.74, 6) is 0.725. The van der Waals surface area contributed by atoms with Crippen molar-refractivity contribution in [3.63, 3.8) is 0 Å². The molecule has 0 bridgehead atoms. The molecule has 2 aromatic carbocycles. The summed E-state index contributed by atoms with van der Waals surface area (Å²) in [6.07, 6.45) is 0. The molecule has 5 heteroatoms. The van der Waals surface area contributed by atoms with Crippen molar-refractivity contribution in [1.29, 1.82) is 5.26 Å². The monoisotopic (exact) mass is 281 g/mol. The number of methoxy groups -OCH3 is 1. The minimum atomic E-state index is 0.608. The minimum Gasteiger partial charge on any atom is -0.497 e. The second-order valence-electron chi connectivity index (χ2n) is 4.14. The van der Waals surface area contributed by atoms with Gasteiger partial charge in [0.2, 0.25) is 0 Å². The number of aromatic nitrogens is 2. The summed E-state index contributed by atoms with van der Waals surface area (Å²) in [5.41, 5.74) is 2.50. The number of ether oxygens (including phenoxy) is 1. The maximum Gasteiger partial charge on any atom is 0.171 e. The van der Waals surface area contributed by atoms with Crippen molar-refractivity contribution in [1.82, 2.24) is 9.97 Å². The molecule has 4 nitrogen and oxygen atoms in total. The van der Waals surface area contributed by atoms with Gasteiger partial charge in [-0.1, -0.05) is 23.9 Å². The fourth-order valence-electron chi connectivity index (χ4n) is 1.89. The molecule has 0 amide bonds. The van der Waals surface area contributed by atoms with E-state index in [1.807, 2.05) is 30.3 Å². The van der Waals surface area contributed by atoms with Gasteiger partial charge in [-0.2, -0.15) is 5.26 Å². The first-order valence-electron chi connectivity index (χ1n) is 6.01. The third-order valence-electron chi connectivity index (χ3n) is 2.88. The van der Waals surface area contributed by atoms with E-state index in [0.717, 1.165) is 26.8 Å². The van der Waals surface area contributed by atoms with Crippen molar-refractivity contribution in [2.75, 3.05) is 7.11 Å². The number of imidazole rings is 1. The summed E-state index contributed by atoms with van der Waals surface area (Å²) in [6, 6.07) is 15.4. The SMILES string of the molecule is COc1ccc(C#N)c(Sc2nc3ccccc3[nH]2)c1. The summed E-state index contributed by atoms with van der Waals surface area (Å²) in [6.45, 7) is 0. The zero-order valence-electron chi connectivity index (χ0n) is 10.8. The van der Waals surface area contributed by atoms with Crippen LogP contribution < -0.4 is 4.74 Å². The van der Waals surface area contributed by atoms with E-state index < -0.39 is 0 Å². The van der Waals surface area contributed by atoms with Crippen molar-refractivity contribution < 1.29 is 4.74 Å². The summed E-state index contributed by atoms with van der Waals surface area (Å²) >= 11 is 1.42. The summed E-state index contributed by atoms with van der Waals surface area (Å²) in [7, 11) is 1.61. The molecule has 3 aromatic rings. The van der Waals surface area contributed by atoms with Gasteiger partial charge in [0.25, 0.3) is 0 Å². The quantitative estimate of drug-likeness (QED) is 0.797. The molecule has 0 aliphatic rings. The lowest BCUT2D eigenvalue weighted by Crippen LogP contribution is -1.87. The van der Waals surface area contributed by atoms with Crippen molar-refractivity contribution >= 4 is 22.8 Å². The Morgan fingerprint density at radius 1 is 1.25 bits per heavy atom. The van der Waals surface area contributed by atoms with Crippen LogP contribution in [0, 0.1) is 11.3 Å². The number of nitriles is 1. The maximum absolute atomic E-state index is 9.17. The first kappa shape index (κ1) is 12.6. The number of fused-ring (bicyclic) bond motifs is 1. The van der Waals surface area contributed by atoms with Crippen molar-refractivity contribution in [3.8, 4) is 11.8 Å². The van der Waals surface area contributed by atoms with Crippen LogP contribution in [0.1, 0.15) is 5.56 Å². The number of para-hydroxylation sites is 2. The van der Waals surface area contributed by atoms with Gasteiger partial charge in [-0.3, -0.25) is 0 Å². The van der Waals surface area contributed by atoms with Gasteiger partial charge >= 0.3 is 0 Å². The van der Waals surface area contributed by atoms with Crippen LogP contribution in [0.5, 0.6) is 5.75 Å². The molecule has 0 atom stereocenters. The number of H-pyrrole nitrogens is 1. The lowest BCUT2D eigenvalue weighted by molar-refractivity contribution is 0.413. The number of hydrogen-bond acceptors (Lipinski definition) is 4. The van der Waals surface area contributed by atoms with Crippen LogP contribution in [0.2, 0.25) is 0 Å². The second kappa shape index (κ2) is 5.27. The van der Waals surface area contributed by atoms with Gasteiger partial charge in [0.05, 0.1) is 23.7 Å². The van der Waals surface area contributed by atoms with Crippen molar-refractivity contribution in [3.05, 3.63) is 48.0 Å². The Kier molecular flexibility index (Phi) is 3.32. The lowest BCUT2D eigenvalue weighted by Gasteiger charge is -2.04. The molecule has 0 aliphatic carbocycles. The van der Waals surface area contributed by atoms with E-state index in [4.69, 9.17) is 10.00 Å². The van der Waals surface area contributed by atoms with E-state index >= 15 is 0 Å². The highest BCUT2D eigenvalue weighted by molar-refractivity contribution is 7.99. The number of benzene rings is 2. The van der Waals surface area contributed by atoms with Crippen LogP contribution in [-0.4, -0.2) is 17.1 Å². The number of rotatable bonds is 3. The smallest absolute Gasteiger partial charge is 0.171 e. The van der Waals surface area contributed by atoms with Crippen LogP contribution >= 0.6 is 11.8 Å². The van der Waals surface area contributed by atoms with Crippen LogP contribution in [0.25, 0.3) is 11.0 Å². The first-order chi connectivity index (χ1) is 9.80. The molecule has 0 saturated heterocycles. The molecule has 98 valence electrons. The topological polar surface area (TPSA) is 61.7 Å². The molecule has 1 N–H and O–H groups in total. The Morgan fingerprint density at radius 3 is 2.85 bits per heavy atom. The molecule has 20 heavy (non-hydrogen) atoms. The van der Waals surface area contributed by atoms with E-state index in [2.05, 4.69) is 16.0 Å². The predicted molar refractivity (Wildman–Crippen MR) is 77.9 cm³/mol. The fraction of sp³-hybridized carbons (Fsp3) is 0.0667. The predicted octanol–water partition coefficient (Wildman–Crippen LogP) is 3.59. The zero-order valence-corrected chi connectivity index (χ0v) is 11.6. The summed E-state index contributed by atoms with van der Waals surface area (Å²) < 4.78 is 5.20. The highest BCUT2D eigenvalue weighted by atomic mass is 32.2. The molecular weight excluding hydrogens is 270 g/mol. The molecule has 3 rings (SSSR count). The van der Waals surface area contributed by atoms with E-state index in [1.54, 1.807) is 19.2 Å². The zero-order chi connectivity index (χ0) is 13.9. The number of aromatic amines is 1. The summed E-state index contributed by atoms with van der Waals surface area (Å²) in [4.78, 5) is 8.56. The van der Waals surface area contributed by atoms with Gasteiger partial charge in [0.1, 0.15) is 11.8 Å². The average molecular weight is 281 g/mol. The molecular formula is C15H11N3OS. The largest absolute Gasteiger partial charge is 0.497 e. The molecule has 0 aliphatic heterocycles. The van der Waals surface area contributed by atoms with Crippen LogP contribution in [0.4, 0.5) is 0 Å². The molecule has 1 aromatic heterocycles. The highest BCUT2D eigenvalue weighted by Crippen LogP contribution is 2.32. The van der Waals surface area contributed by atoms with Gasteiger partial charge < -0.3 is 9.72 Å². The molecule has 0 unspecified atom stereocenters. The van der Waals surface area contributed by atoms with Gasteiger partial charge in [-0.15, -0.1) is 0 Å². The maximum atomic E-state index is 9.17. The third-order valence-corrected chi connectivity index (χ3v) is 3.83. The van der Waals surface area contributed by atoms with E-state index in [-0.39, 0.29) is 0 Å². The Balaban J connectivity index is 1.99. The molecule has 1 heterocycles. The molecule has 0 saturated carbocycles. The van der Waals surface area contributed by atoms with Crippen molar-refractivity contribution in [2.45, 2.75) is 10.1 Å². The number of nitrogens with zero attached hydrogens (tertiary/aromatic N) is 2. The first-order valence-corrected chi connectivity index (χ1v) is 6.82. The van der Waals surface area contributed by atoms with E-state index in [9.17, 15) is 0 Å². The van der Waals surface area contributed by atoms with E-state index in [1.165, 1.54) is 11.8 Å². The van der Waals surface area contributed by atoms with Crippen molar-refractivity contribution in [2.24, 2.45) is 0 Å². The lowest BCUT2D eigenvalue weighted by atomic mass is 10.2. The van der Waals surface area contributed by atoms with Crippen LogP contribution in [0.15, 0.2) is 52.5 Å².